The van der Waals surface area contributed by atoms with E-state index >= 15 is 0 Å². The first-order chi connectivity index (χ1) is 3.93. The molecule has 0 spiro atoms. The molecule has 2 nitrogen and oxygen atoms in total. The van der Waals surface area contributed by atoms with Crippen molar-refractivity contribution in [1.29, 1.82) is 0 Å². The summed E-state index contributed by atoms with van der Waals surface area (Å²) in [5.74, 6) is 0.465. The average molecular weight is 111 g/mol. The minimum absolute atomic E-state index is 0.465. The van der Waals surface area contributed by atoms with E-state index in [2.05, 4.69) is 6.07 Å². The van der Waals surface area contributed by atoms with Gasteiger partial charge in [0.1, 0.15) is 0 Å². The summed E-state index contributed by atoms with van der Waals surface area (Å²) in [6.45, 7) is 2.53. The van der Waals surface area contributed by atoms with Crippen LogP contribution in [0.2, 0.25) is 0 Å². The lowest BCUT2D eigenvalue weighted by Gasteiger charge is -1.92. The van der Waals surface area contributed by atoms with Gasteiger partial charge in [-0.15, -0.1) is 0 Å². The minimum Gasteiger partial charge on any atom is -0.465 e. The van der Waals surface area contributed by atoms with Crippen LogP contribution in [0.1, 0.15) is 6.92 Å². The molecule has 0 amide bonds. The molecule has 0 bridgehead atoms. The molecule has 1 rings (SSSR count). The van der Waals surface area contributed by atoms with Crippen LogP contribution in [0.15, 0.2) is 16.7 Å². The van der Waals surface area contributed by atoms with E-state index in [1.54, 1.807) is 6.07 Å². The molecule has 0 aliphatic rings. The summed E-state index contributed by atoms with van der Waals surface area (Å²) in [5, 5.41) is 0. The topological polar surface area (TPSA) is 22.4 Å². The molecule has 0 aromatic carbocycles. The van der Waals surface area contributed by atoms with Gasteiger partial charge in [0.25, 0.3) is 5.95 Å². The van der Waals surface area contributed by atoms with Gasteiger partial charge in [0.2, 0.25) is 0 Å². The third-order valence-corrected chi connectivity index (χ3v) is 0.720. The van der Waals surface area contributed by atoms with Crippen LogP contribution in [-0.4, -0.2) is 6.61 Å². The molecule has 43 valence electrons. The molecule has 0 aliphatic carbocycles. The Morgan fingerprint density at radius 1 is 1.88 bits per heavy atom. The standard InChI is InChI=1S/C6H7O2/c1-2-7-6-4-3-5-8-6/h3,5H,2H2,1H3. The predicted molar refractivity (Wildman–Crippen MR) is 28.7 cm³/mol. The lowest BCUT2D eigenvalue weighted by Crippen LogP contribution is -1.87. The molecule has 0 aliphatic heterocycles. The van der Waals surface area contributed by atoms with Crippen molar-refractivity contribution in [2.24, 2.45) is 0 Å². The molecule has 0 saturated carbocycles. The van der Waals surface area contributed by atoms with Crippen LogP contribution >= 0.6 is 0 Å². The van der Waals surface area contributed by atoms with Gasteiger partial charge in [0.05, 0.1) is 18.9 Å². The number of hydrogen-bond donors (Lipinski definition) is 0. The lowest BCUT2D eigenvalue weighted by molar-refractivity contribution is 0.257. The highest BCUT2D eigenvalue weighted by Gasteiger charge is 1.89. The smallest absolute Gasteiger partial charge is 0.292 e. The van der Waals surface area contributed by atoms with Gasteiger partial charge in [0, 0.05) is 0 Å². The maximum absolute atomic E-state index is 4.92. The number of rotatable bonds is 2. The van der Waals surface area contributed by atoms with Gasteiger partial charge < -0.3 is 9.15 Å². The van der Waals surface area contributed by atoms with Crippen molar-refractivity contribution < 1.29 is 9.15 Å². The molecule has 2 heteroatoms. The zero-order valence-electron chi connectivity index (χ0n) is 4.68. The van der Waals surface area contributed by atoms with Crippen LogP contribution in [0, 0.1) is 6.07 Å². The van der Waals surface area contributed by atoms with E-state index < -0.39 is 0 Å². The Balaban J connectivity index is 2.50. The monoisotopic (exact) mass is 111 g/mol. The third kappa shape index (κ3) is 1.03. The lowest BCUT2D eigenvalue weighted by atomic mass is 10.6. The first-order valence-electron chi connectivity index (χ1n) is 2.51. The second-order valence-corrected chi connectivity index (χ2v) is 1.29. The van der Waals surface area contributed by atoms with Crippen LogP contribution in [0.4, 0.5) is 0 Å². The van der Waals surface area contributed by atoms with Crippen molar-refractivity contribution in [2.45, 2.75) is 6.92 Å². The largest absolute Gasteiger partial charge is 0.465 e. The second-order valence-electron chi connectivity index (χ2n) is 1.29. The average Bonchev–Trinajstić information content (AvgIpc) is 2.19. The van der Waals surface area contributed by atoms with Crippen LogP contribution in [0.25, 0.3) is 0 Å². The highest BCUT2D eigenvalue weighted by molar-refractivity contribution is 5.00. The molecule has 1 aromatic rings. The molecule has 0 N–H and O–H groups in total. The summed E-state index contributed by atoms with van der Waals surface area (Å²) >= 11 is 0. The van der Waals surface area contributed by atoms with Crippen molar-refractivity contribution in [1.82, 2.24) is 0 Å². The summed E-state index contributed by atoms with van der Waals surface area (Å²) in [5.41, 5.74) is 0. The highest BCUT2D eigenvalue weighted by Crippen LogP contribution is 2.07. The normalized spacial score (nSPS) is 9.12. The summed E-state index contributed by atoms with van der Waals surface area (Å²) in [6.07, 6.45) is 1.53. The summed E-state index contributed by atoms with van der Waals surface area (Å²) in [6, 6.07) is 4.42. The second kappa shape index (κ2) is 2.40. The molecular weight excluding hydrogens is 104 g/mol. The van der Waals surface area contributed by atoms with Crippen molar-refractivity contribution in [3.8, 4) is 5.95 Å². The Bertz CT molecular complexity index is 132. The summed E-state index contributed by atoms with van der Waals surface area (Å²) < 4.78 is 9.72. The van der Waals surface area contributed by atoms with E-state index in [0.717, 1.165) is 0 Å². The van der Waals surface area contributed by atoms with Crippen LogP contribution in [0.5, 0.6) is 5.95 Å². The zero-order chi connectivity index (χ0) is 5.82. The fraction of sp³-hybridized carbons (Fsp3) is 0.333. The quantitative estimate of drug-likeness (QED) is 0.576. The predicted octanol–water partition coefficient (Wildman–Crippen LogP) is 1.48. The van der Waals surface area contributed by atoms with Gasteiger partial charge in [-0.2, -0.15) is 0 Å². The molecular formula is C6H7O2. The van der Waals surface area contributed by atoms with E-state index in [9.17, 15) is 0 Å². The van der Waals surface area contributed by atoms with Gasteiger partial charge in [0.15, 0.2) is 0 Å². The van der Waals surface area contributed by atoms with Crippen LogP contribution < -0.4 is 4.74 Å². The first kappa shape index (κ1) is 5.22. The highest BCUT2D eigenvalue weighted by atomic mass is 16.6. The molecule has 1 radical (unpaired) electrons. The molecule has 0 atom stereocenters. The Morgan fingerprint density at radius 3 is 3.25 bits per heavy atom. The molecule has 1 aromatic heterocycles. The number of furan rings is 1. The maximum Gasteiger partial charge on any atom is 0.292 e. The van der Waals surface area contributed by atoms with Gasteiger partial charge >= 0.3 is 0 Å². The SMILES string of the molecule is CCOc1[c]cco1. The van der Waals surface area contributed by atoms with E-state index in [0.29, 0.717) is 12.6 Å². The van der Waals surface area contributed by atoms with Crippen molar-refractivity contribution in [3.05, 3.63) is 18.4 Å². The van der Waals surface area contributed by atoms with Crippen molar-refractivity contribution in [2.75, 3.05) is 6.61 Å². The number of ether oxygens (including phenoxy) is 1. The van der Waals surface area contributed by atoms with Gasteiger partial charge in [-0.05, 0) is 13.0 Å². The van der Waals surface area contributed by atoms with Crippen LogP contribution in [0.3, 0.4) is 0 Å². The van der Waals surface area contributed by atoms with E-state index in [1.165, 1.54) is 6.26 Å². The Morgan fingerprint density at radius 2 is 2.75 bits per heavy atom. The van der Waals surface area contributed by atoms with E-state index in [4.69, 9.17) is 9.15 Å². The fourth-order valence-corrected chi connectivity index (χ4v) is 0.439. The first-order valence-corrected chi connectivity index (χ1v) is 2.51. The Labute approximate surface area is 48.1 Å². The molecule has 0 unspecified atom stereocenters. The van der Waals surface area contributed by atoms with Crippen molar-refractivity contribution in [3.63, 3.8) is 0 Å². The molecule has 0 fully saturated rings. The van der Waals surface area contributed by atoms with Crippen molar-refractivity contribution >= 4 is 0 Å². The zero-order valence-corrected chi connectivity index (χ0v) is 4.68. The van der Waals surface area contributed by atoms with Gasteiger partial charge in [-0.25, -0.2) is 0 Å². The molecule has 0 saturated heterocycles. The number of hydrogen-bond acceptors (Lipinski definition) is 2. The molecule has 8 heavy (non-hydrogen) atoms. The Kier molecular flexibility index (Phi) is 1.57. The summed E-state index contributed by atoms with van der Waals surface area (Å²) in [4.78, 5) is 0. The summed E-state index contributed by atoms with van der Waals surface area (Å²) in [7, 11) is 0. The van der Waals surface area contributed by atoms with E-state index in [1.807, 2.05) is 6.92 Å². The van der Waals surface area contributed by atoms with Gasteiger partial charge in [-0.3, -0.25) is 0 Å². The fourth-order valence-electron chi connectivity index (χ4n) is 0.439. The third-order valence-electron chi connectivity index (χ3n) is 0.720. The maximum atomic E-state index is 4.92. The van der Waals surface area contributed by atoms with E-state index in [-0.39, 0.29) is 0 Å². The van der Waals surface area contributed by atoms with Crippen LogP contribution in [-0.2, 0) is 0 Å². The Hall–Kier alpha value is -0.920. The minimum atomic E-state index is 0.465. The molecule has 1 heterocycles. The van der Waals surface area contributed by atoms with Gasteiger partial charge in [-0.1, -0.05) is 0 Å².